The van der Waals surface area contributed by atoms with Crippen LogP contribution in [-0.4, -0.2) is 30.3 Å². The van der Waals surface area contributed by atoms with E-state index >= 15 is 0 Å². The van der Waals surface area contributed by atoms with E-state index in [1.807, 2.05) is 0 Å². The van der Waals surface area contributed by atoms with E-state index in [1.165, 1.54) is 45.1 Å². The highest BCUT2D eigenvalue weighted by atomic mass is 16.5. The molecule has 3 aliphatic rings. The van der Waals surface area contributed by atoms with Crippen molar-refractivity contribution in [2.75, 3.05) is 13.3 Å². The van der Waals surface area contributed by atoms with Gasteiger partial charge in [-0.3, -0.25) is 4.90 Å². The van der Waals surface area contributed by atoms with Gasteiger partial charge in [0, 0.05) is 18.5 Å². The van der Waals surface area contributed by atoms with Crippen molar-refractivity contribution in [2.45, 2.75) is 50.7 Å². The van der Waals surface area contributed by atoms with Crippen LogP contribution < -0.4 is 0 Å². The van der Waals surface area contributed by atoms with E-state index < -0.39 is 0 Å². The Balaban J connectivity index is 1.77. The summed E-state index contributed by atoms with van der Waals surface area (Å²) in [6.07, 6.45) is 9.05. The fourth-order valence-corrected chi connectivity index (χ4v) is 3.46. The predicted octanol–water partition coefficient (Wildman–Crippen LogP) is 2.00. The van der Waals surface area contributed by atoms with E-state index in [0.29, 0.717) is 6.10 Å². The second-order valence-electron chi connectivity index (χ2n) is 4.80. The van der Waals surface area contributed by atoms with Crippen molar-refractivity contribution in [1.82, 2.24) is 4.90 Å². The molecule has 3 unspecified atom stereocenters. The fraction of sp³-hybridized carbons (Fsp3) is 1.00. The molecule has 13 heavy (non-hydrogen) atoms. The first kappa shape index (κ1) is 8.25. The van der Waals surface area contributed by atoms with Crippen molar-refractivity contribution in [3.8, 4) is 0 Å². The summed E-state index contributed by atoms with van der Waals surface area (Å²) in [5.74, 6) is 0.883. The molecule has 1 saturated carbocycles. The maximum atomic E-state index is 5.90. The lowest BCUT2D eigenvalue weighted by atomic mass is 9.87. The number of fused-ring (bicyclic) bond motifs is 3. The number of nitrogens with zero attached hydrogens (tertiary/aromatic N) is 1. The van der Waals surface area contributed by atoms with Crippen molar-refractivity contribution in [3.05, 3.63) is 0 Å². The molecule has 2 saturated heterocycles. The van der Waals surface area contributed by atoms with Gasteiger partial charge in [0.1, 0.15) is 0 Å². The summed E-state index contributed by atoms with van der Waals surface area (Å²) in [6, 6.07) is 0.884. The highest BCUT2D eigenvalue weighted by Gasteiger charge is 2.41. The van der Waals surface area contributed by atoms with E-state index in [4.69, 9.17) is 4.74 Å². The lowest BCUT2D eigenvalue weighted by Crippen LogP contribution is -2.52. The minimum atomic E-state index is 0.624. The lowest BCUT2D eigenvalue weighted by Gasteiger charge is -2.45. The minimum Gasteiger partial charge on any atom is -0.362 e. The van der Waals surface area contributed by atoms with Crippen LogP contribution in [0.5, 0.6) is 0 Å². The van der Waals surface area contributed by atoms with Crippen molar-refractivity contribution in [1.29, 1.82) is 0 Å². The van der Waals surface area contributed by atoms with Crippen LogP contribution in [0.15, 0.2) is 0 Å². The molecule has 0 N–H and O–H groups in total. The normalized spacial score (nSPS) is 45.7. The molecular weight excluding hydrogens is 162 g/mol. The van der Waals surface area contributed by atoms with E-state index in [1.54, 1.807) is 0 Å². The van der Waals surface area contributed by atoms with Crippen molar-refractivity contribution >= 4 is 0 Å². The van der Waals surface area contributed by atoms with Crippen LogP contribution in [-0.2, 0) is 4.74 Å². The number of hydrogen-bond donors (Lipinski definition) is 0. The molecular formula is C11H19NO. The maximum Gasteiger partial charge on any atom is 0.0996 e. The Hall–Kier alpha value is -0.0800. The third-order valence-corrected chi connectivity index (χ3v) is 4.12. The Labute approximate surface area is 80.2 Å². The summed E-state index contributed by atoms with van der Waals surface area (Å²) < 4.78 is 5.90. The van der Waals surface area contributed by atoms with E-state index in [2.05, 4.69) is 4.90 Å². The molecule has 0 aromatic heterocycles. The first-order chi connectivity index (χ1) is 6.45. The van der Waals surface area contributed by atoms with E-state index in [9.17, 15) is 0 Å². The largest absolute Gasteiger partial charge is 0.362 e. The average Bonchev–Trinajstić information content (AvgIpc) is 2.65. The Morgan fingerprint density at radius 2 is 2.00 bits per heavy atom. The monoisotopic (exact) mass is 181 g/mol. The molecule has 0 aromatic rings. The molecule has 2 heterocycles. The first-order valence-corrected chi connectivity index (χ1v) is 5.81. The van der Waals surface area contributed by atoms with Crippen LogP contribution in [0, 0.1) is 5.92 Å². The summed E-state index contributed by atoms with van der Waals surface area (Å²) in [5, 5.41) is 0. The molecule has 0 amide bonds. The molecule has 2 nitrogen and oxygen atoms in total. The van der Waals surface area contributed by atoms with Gasteiger partial charge in [-0.15, -0.1) is 0 Å². The summed E-state index contributed by atoms with van der Waals surface area (Å²) in [6.45, 7) is 2.21. The predicted molar refractivity (Wildman–Crippen MR) is 51.4 cm³/mol. The standard InChI is InChI=1S/C11H19NO/c1-2-7-12-8-13-11-6-3-4-9(11)10(12)5-1/h9-11H,1-8H2. The second-order valence-corrected chi connectivity index (χ2v) is 4.80. The lowest BCUT2D eigenvalue weighted by molar-refractivity contribution is -0.132. The van der Waals surface area contributed by atoms with Gasteiger partial charge in [-0.1, -0.05) is 12.8 Å². The molecule has 3 atom stereocenters. The first-order valence-electron chi connectivity index (χ1n) is 5.81. The zero-order valence-corrected chi connectivity index (χ0v) is 8.24. The van der Waals surface area contributed by atoms with Crippen LogP contribution in [0.2, 0.25) is 0 Å². The highest BCUT2D eigenvalue weighted by Crippen LogP contribution is 2.39. The number of rotatable bonds is 0. The van der Waals surface area contributed by atoms with E-state index in [0.717, 1.165) is 18.7 Å². The van der Waals surface area contributed by atoms with Crippen molar-refractivity contribution in [2.24, 2.45) is 5.92 Å². The van der Waals surface area contributed by atoms with Gasteiger partial charge in [-0.25, -0.2) is 0 Å². The smallest absolute Gasteiger partial charge is 0.0996 e. The third-order valence-electron chi connectivity index (χ3n) is 4.12. The topological polar surface area (TPSA) is 12.5 Å². The quantitative estimate of drug-likeness (QED) is 0.566. The van der Waals surface area contributed by atoms with Gasteiger partial charge >= 0.3 is 0 Å². The van der Waals surface area contributed by atoms with Gasteiger partial charge in [0.05, 0.1) is 12.8 Å². The SMILES string of the molecule is C1CC2OCN3CCCCC3C2C1. The zero-order chi connectivity index (χ0) is 8.67. The summed E-state index contributed by atoms with van der Waals surface area (Å²) in [4.78, 5) is 2.58. The molecule has 0 radical (unpaired) electrons. The number of hydrogen-bond acceptors (Lipinski definition) is 2. The van der Waals surface area contributed by atoms with Gasteiger partial charge in [-0.05, 0) is 25.7 Å². The molecule has 0 bridgehead atoms. The van der Waals surface area contributed by atoms with E-state index in [-0.39, 0.29) is 0 Å². The maximum absolute atomic E-state index is 5.90. The molecule has 2 heteroatoms. The van der Waals surface area contributed by atoms with Gasteiger partial charge in [0.25, 0.3) is 0 Å². The van der Waals surface area contributed by atoms with Crippen LogP contribution >= 0.6 is 0 Å². The summed E-state index contributed by atoms with van der Waals surface area (Å²) in [7, 11) is 0. The zero-order valence-electron chi connectivity index (χ0n) is 8.24. The molecule has 1 aliphatic carbocycles. The Bertz CT molecular complexity index is 195. The Morgan fingerprint density at radius 3 is 3.00 bits per heavy atom. The molecule has 3 fully saturated rings. The van der Waals surface area contributed by atoms with Gasteiger partial charge in [0.15, 0.2) is 0 Å². The summed E-state index contributed by atoms with van der Waals surface area (Å²) in [5.41, 5.74) is 0. The van der Waals surface area contributed by atoms with Gasteiger partial charge in [-0.2, -0.15) is 0 Å². The summed E-state index contributed by atoms with van der Waals surface area (Å²) >= 11 is 0. The fourth-order valence-electron chi connectivity index (χ4n) is 3.46. The molecule has 2 aliphatic heterocycles. The van der Waals surface area contributed by atoms with Crippen LogP contribution in [0.25, 0.3) is 0 Å². The van der Waals surface area contributed by atoms with Crippen LogP contribution in [0.4, 0.5) is 0 Å². The van der Waals surface area contributed by atoms with Gasteiger partial charge < -0.3 is 4.74 Å². The Morgan fingerprint density at radius 1 is 1.00 bits per heavy atom. The molecule has 0 spiro atoms. The molecule has 0 aromatic carbocycles. The Kier molecular flexibility index (Phi) is 2.06. The number of ether oxygens (including phenoxy) is 1. The number of piperidine rings is 1. The minimum absolute atomic E-state index is 0.624. The highest BCUT2D eigenvalue weighted by molar-refractivity contribution is 4.92. The molecule has 74 valence electrons. The van der Waals surface area contributed by atoms with Crippen LogP contribution in [0.1, 0.15) is 38.5 Å². The third kappa shape index (κ3) is 1.31. The van der Waals surface area contributed by atoms with Crippen molar-refractivity contribution < 1.29 is 4.74 Å². The molecule has 3 rings (SSSR count). The van der Waals surface area contributed by atoms with Crippen LogP contribution in [0.3, 0.4) is 0 Å². The second kappa shape index (κ2) is 3.25. The average molecular weight is 181 g/mol. The van der Waals surface area contributed by atoms with Crippen molar-refractivity contribution in [3.63, 3.8) is 0 Å². The van der Waals surface area contributed by atoms with Gasteiger partial charge in [0.2, 0.25) is 0 Å².